The minimum Gasteiger partial charge on any atom is -0.497 e. The number of methoxy groups -OCH3 is 2. The molecular weight excluding hydrogens is 514 g/mol. The van der Waals surface area contributed by atoms with E-state index >= 15 is 0 Å². The van der Waals surface area contributed by atoms with Gasteiger partial charge in [0.15, 0.2) is 13.9 Å². The third-order valence-electron chi connectivity index (χ3n) is 7.75. The zero-order valence-electron chi connectivity index (χ0n) is 24.0. The van der Waals surface area contributed by atoms with Gasteiger partial charge in [-0.2, -0.15) is 0 Å². The first-order chi connectivity index (χ1) is 18.4. The van der Waals surface area contributed by atoms with E-state index in [1.807, 2.05) is 42.5 Å². The number of benzene rings is 2. The van der Waals surface area contributed by atoms with Crippen LogP contribution in [0.3, 0.4) is 0 Å². The second kappa shape index (κ2) is 12.5. The minimum absolute atomic E-state index is 0.0226. The van der Waals surface area contributed by atoms with Crippen molar-refractivity contribution < 1.29 is 33.3 Å². The number of carbonyl (C=O) groups is 2. The molecule has 1 heterocycles. The monoisotopic (exact) mass is 555 g/mol. The van der Waals surface area contributed by atoms with E-state index in [1.54, 1.807) is 25.3 Å². The number of amides is 1. The summed E-state index contributed by atoms with van der Waals surface area (Å²) in [7, 11) is 0.706. The maximum atomic E-state index is 13.8. The van der Waals surface area contributed by atoms with Crippen molar-refractivity contribution >= 4 is 20.2 Å². The number of carbonyl (C=O) groups excluding carboxylic acids is 2. The zero-order valence-corrected chi connectivity index (χ0v) is 25.0. The number of aliphatic hydroxyl groups excluding tert-OH is 1. The quantitative estimate of drug-likeness (QED) is 0.248. The standard InChI is InChI=1S/C30H41NO7Si/c1-29(2,3)39(6,7)38-18-17-25-26(32)30(28(34)36-5,21-37-20-23-11-9-8-10-12-23)31(27(25)33)19-22-13-15-24(35-4)16-14-22/h8-17,26,32H,18-21H2,1-7H3/b25-17-. The molecule has 0 spiro atoms. The molecule has 0 bridgehead atoms. The van der Waals surface area contributed by atoms with Crippen LogP contribution < -0.4 is 4.74 Å². The Morgan fingerprint density at radius 1 is 1.05 bits per heavy atom. The maximum absolute atomic E-state index is 13.8. The molecule has 0 saturated carbocycles. The van der Waals surface area contributed by atoms with Gasteiger partial charge in [0.05, 0.1) is 34.0 Å². The molecule has 2 atom stereocenters. The number of aliphatic hydroxyl groups is 1. The van der Waals surface area contributed by atoms with E-state index in [4.69, 9.17) is 18.6 Å². The Morgan fingerprint density at radius 2 is 1.69 bits per heavy atom. The van der Waals surface area contributed by atoms with Crippen LogP contribution in [0.2, 0.25) is 18.1 Å². The molecule has 212 valence electrons. The van der Waals surface area contributed by atoms with E-state index in [-0.39, 0.29) is 37.0 Å². The van der Waals surface area contributed by atoms with E-state index in [0.717, 1.165) is 11.1 Å². The third-order valence-corrected chi connectivity index (χ3v) is 12.2. The van der Waals surface area contributed by atoms with Crippen molar-refractivity contribution in [3.63, 3.8) is 0 Å². The van der Waals surface area contributed by atoms with Crippen LogP contribution in [0.5, 0.6) is 5.75 Å². The van der Waals surface area contributed by atoms with E-state index in [1.165, 1.54) is 12.0 Å². The number of rotatable bonds is 11. The van der Waals surface area contributed by atoms with Gasteiger partial charge < -0.3 is 28.6 Å². The van der Waals surface area contributed by atoms with Gasteiger partial charge in [0.1, 0.15) is 11.9 Å². The van der Waals surface area contributed by atoms with Crippen LogP contribution in [0.25, 0.3) is 0 Å². The van der Waals surface area contributed by atoms with Gasteiger partial charge in [-0.25, -0.2) is 4.79 Å². The summed E-state index contributed by atoms with van der Waals surface area (Å²) < 4.78 is 22.6. The summed E-state index contributed by atoms with van der Waals surface area (Å²) in [6, 6.07) is 16.7. The zero-order chi connectivity index (χ0) is 28.8. The first-order valence-electron chi connectivity index (χ1n) is 13.0. The summed E-state index contributed by atoms with van der Waals surface area (Å²) in [5.41, 5.74) is -0.0254. The van der Waals surface area contributed by atoms with Crippen molar-refractivity contribution in [3.8, 4) is 5.75 Å². The van der Waals surface area contributed by atoms with Crippen LogP contribution in [0, 0.1) is 0 Å². The molecule has 1 aliphatic heterocycles. The lowest BCUT2D eigenvalue weighted by molar-refractivity contribution is -0.169. The van der Waals surface area contributed by atoms with Gasteiger partial charge in [-0.1, -0.05) is 63.2 Å². The molecule has 1 fully saturated rings. The van der Waals surface area contributed by atoms with Gasteiger partial charge in [0.25, 0.3) is 5.91 Å². The highest BCUT2D eigenvalue weighted by atomic mass is 28.4. The van der Waals surface area contributed by atoms with Crippen molar-refractivity contribution in [2.45, 2.75) is 63.7 Å². The molecule has 0 aliphatic carbocycles. The summed E-state index contributed by atoms with van der Waals surface area (Å²) in [6.07, 6.45) is 0.116. The fraction of sp³-hybridized carbons (Fsp3) is 0.467. The lowest BCUT2D eigenvalue weighted by Gasteiger charge is -2.37. The molecular formula is C30H41NO7Si. The molecule has 1 amide bonds. The Bertz CT molecular complexity index is 1160. The van der Waals surface area contributed by atoms with E-state index < -0.39 is 31.8 Å². The number of ether oxygens (including phenoxy) is 3. The number of esters is 1. The van der Waals surface area contributed by atoms with Crippen LogP contribution in [-0.2, 0) is 36.6 Å². The van der Waals surface area contributed by atoms with Crippen LogP contribution in [0.15, 0.2) is 66.2 Å². The van der Waals surface area contributed by atoms with Gasteiger partial charge in [0.2, 0.25) is 0 Å². The Kier molecular flexibility index (Phi) is 9.77. The number of hydrogen-bond acceptors (Lipinski definition) is 7. The van der Waals surface area contributed by atoms with Gasteiger partial charge in [0, 0.05) is 12.1 Å². The first kappa shape index (κ1) is 30.6. The molecule has 1 aliphatic rings. The van der Waals surface area contributed by atoms with Crippen molar-refractivity contribution in [2.24, 2.45) is 0 Å². The largest absolute Gasteiger partial charge is 0.497 e. The average molecular weight is 556 g/mol. The Hall–Kier alpha value is -2.98. The molecule has 8 nitrogen and oxygen atoms in total. The Morgan fingerprint density at radius 3 is 2.26 bits per heavy atom. The second-order valence-electron chi connectivity index (χ2n) is 11.3. The number of likely N-dealkylation sites (tertiary alicyclic amines) is 1. The molecule has 2 unspecified atom stereocenters. The fourth-order valence-electron chi connectivity index (χ4n) is 4.25. The van der Waals surface area contributed by atoms with Gasteiger partial charge in [-0.3, -0.25) is 4.79 Å². The van der Waals surface area contributed by atoms with Gasteiger partial charge in [-0.05, 0) is 47.5 Å². The summed E-state index contributed by atoms with van der Waals surface area (Å²) in [5.74, 6) is -0.551. The predicted molar refractivity (Wildman–Crippen MR) is 152 cm³/mol. The number of hydrogen-bond donors (Lipinski definition) is 1. The van der Waals surface area contributed by atoms with E-state index in [9.17, 15) is 14.7 Å². The highest BCUT2D eigenvalue weighted by Crippen LogP contribution is 2.39. The van der Waals surface area contributed by atoms with Crippen LogP contribution in [0.1, 0.15) is 31.9 Å². The summed E-state index contributed by atoms with van der Waals surface area (Å²) >= 11 is 0. The normalized spacial score (nSPS) is 20.9. The summed E-state index contributed by atoms with van der Waals surface area (Å²) in [6.45, 7) is 10.8. The number of nitrogens with zero attached hydrogens (tertiary/aromatic N) is 1. The molecule has 2 aromatic carbocycles. The molecule has 39 heavy (non-hydrogen) atoms. The lowest BCUT2D eigenvalue weighted by atomic mass is 9.91. The Balaban J connectivity index is 1.97. The molecule has 9 heteroatoms. The van der Waals surface area contributed by atoms with Crippen molar-refractivity contribution in [2.75, 3.05) is 27.4 Å². The summed E-state index contributed by atoms with van der Waals surface area (Å²) in [4.78, 5) is 28.6. The van der Waals surface area contributed by atoms with Crippen LogP contribution in [-0.4, -0.2) is 69.3 Å². The van der Waals surface area contributed by atoms with Crippen molar-refractivity contribution in [1.29, 1.82) is 0 Å². The SMILES string of the molecule is COC(=O)C1(COCc2ccccc2)C(O)/C(=C/CO[Si](C)(C)C(C)(C)C)C(=O)N1Cc1ccc(OC)cc1. The van der Waals surface area contributed by atoms with Crippen molar-refractivity contribution in [1.82, 2.24) is 4.90 Å². The highest BCUT2D eigenvalue weighted by molar-refractivity contribution is 6.74. The summed E-state index contributed by atoms with van der Waals surface area (Å²) in [5, 5.41) is 11.6. The maximum Gasteiger partial charge on any atom is 0.337 e. The highest BCUT2D eigenvalue weighted by Gasteiger charge is 2.61. The minimum atomic E-state index is -2.11. The smallest absolute Gasteiger partial charge is 0.337 e. The average Bonchev–Trinajstić information content (AvgIpc) is 3.10. The topological polar surface area (TPSA) is 94.5 Å². The molecule has 3 rings (SSSR count). The molecule has 0 aromatic heterocycles. The van der Waals surface area contributed by atoms with Gasteiger partial charge in [-0.15, -0.1) is 0 Å². The third kappa shape index (κ3) is 6.61. The Labute approximate surface area is 232 Å². The van der Waals surface area contributed by atoms with Crippen molar-refractivity contribution in [3.05, 3.63) is 77.4 Å². The van der Waals surface area contributed by atoms with Crippen LogP contribution in [0.4, 0.5) is 0 Å². The lowest BCUT2D eigenvalue weighted by Crippen LogP contribution is -2.60. The second-order valence-corrected chi connectivity index (χ2v) is 16.1. The van der Waals surface area contributed by atoms with Crippen LogP contribution >= 0.6 is 0 Å². The van der Waals surface area contributed by atoms with E-state index in [2.05, 4.69) is 33.9 Å². The predicted octanol–water partition coefficient (Wildman–Crippen LogP) is 4.48. The first-order valence-corrected chi connectivity index (χ1v) is 16.0. The van der Waals surface area contributed by atoms with Gasteiger partial charge >= 0.3 is 5.97 Å². The molecule has 1 saturated heterocycles. The molecule has 0 radical (unpaired) electrons. The molecule has 2 aromatic rings. The molecule has 1 N–H and O–H groups in total. The van der Waals surface area contributed by atoms with E-state index in [0.29, 0.717) is 5.75 Å². The fourth-order valence-corrected chi connectivity index (χ4v) is 5.19.